The number of nitrogens with one attached hydrogen (secondary N) is 1. The van der Waals surface area contributed by atoms with E-state index in [1.54, 1.807) is 11.4 Å². The predicted octanol–water partition coefficient (Wildman–Crippen LogP) is 1.64. The minimum atomic E-state index is -3.70. The second kappa shape index (κ2) is 4.75. The molecule has 0 bridgehead atoms. The third kappa shape index (κ3) is 2.66. The van der Waals surface area contributed by atoms with E-state index in [-0.39, 0.29) is 15.6 Å². The van der Waals surface area contributed by atoms with Crippen molar-refractivity contribution < 1.29 is 18.3 Å². The van der Waals surface area contributed by atoms with Crippen molar-refractivity contribution in [2.24, 2.45) is 0 Å². The molecular weight excluding hydrogens is 276 g/mol. The Morgan fingerprint density at radius 2 is 2.17 bits per heavy atom. The fraction of sp³-hybridized carbons (Fsp3) is 0. The van der Waals surface area contributed by atoms with Crippen LogP contribution in [0.15, 0.2) is 40.1 Å². The maximum Gasteiger partial charge on any atom is 0.335 e. The van der Waals surface area contributed by atoms with Gasteiger partial charge in [0, 0.05) is 6.20 Å². The fourth-order valence-corrected chi connectivity index (χ4v) is 3.22. The Bertz CT molecular complexity index is 665. The lowest BCUT2D eigenvalue weighted by atomic mass is 10.3. The van der Waals surface area contributed by atoms with E-state index in [2.05, 4.69) is 9.71 Å². The van der Waals surface area contributed by atoms with Gasteiger partial charge in [-0.25, -0.2) is 18.2 Å². The summed E-state index contributed by atoms with van der Waals surface area (Å²) in [6.45, 7) is 0. The predicted molar refractivity (Wildman–Crippen MR) is 66.3 cm³/mol. The molecule has 0 aliphatic rings. The smallest absolute Gasteiger partial charge is 0.335 e. The number of rotatable bonds is 4. The molecule has 0 aromatic carbocycles. The lowest BCUT2D eigenvalue weighted by Gasteiger charge is -2.05. The highest BCUT2D eigenvalue weighted by atomic mass is 32.2. The Balaban J connectivity index is 2.30. The Kier molecular flexibility index (Phi) is 3.30. The van der Waals surface area contributed by atoms with E-state index in [1.165, 1.54) is 18.3 Å². The molecule has 0 amide bonds. The van der Waals surface area contributed by atoms with Gasteiger partial charge in [-0.1, -0.05) is 6.07 Å². The first kappa shape index (κ1) is 12.5. The van der Waals surface area contributed by atoms with Gasteiger partial charge in [0.2, 0.25) is 0 Å². The maximum atomic E-state index is 11.9. The number of nitrogens with zero attached hydrogens (tertiary/aromatic N) is 1. The van der Waals surface area contributed by atoms with E-state index in [0.29, 0.717) is 0 Å². The zero-order valence-electron chi connectivity index (χ0n) is 8.90. The molecule has 94 valence electrons. The van der Waals surface area contributed by atoms with Gasteiger partial charge in [0.15, 0.2) is 0 Å². The van der Waals surface area contributed by atoms with Crippen LogP contribution < -0.4 is 4.72 Å². The second-order valence-corrected chi connectivity index (χ2v) is 6.13. The Hall–Kier alpha value is -1.93. The summed E-state index contributed by atoms with van der Waals surface area (Å²) in [7, 11) is -3.70. The first-order valence-electron chi connectivity index (χ1n) is 4.75. The molecule has 2 aromatic heterocycles. The molecule has 0 saturated carbocycles. The normalized spacial score (nSPS) is 11.1. The summed E-state index contributed by atoms with van der Waals surface area (Å²) in [6, 6.07) is 5.51. The van der Waals surface area contributed by atoms with E-state index in [9.17, 15) is 13.2 Å². The molecule has 18 heavy (non-hydrogen) atoms. The summed E-state index contributed by atoms with van der Waals surface area (Å²) in [6.07, 6.45) is 1.23. The number of carboxylic acids is 1. The Labute approximate surface area is 107 Å². The van der Waals surface area contributed by atoms with Crippen LogP contribution in [0.3, 0.4) is 0 Å². The van der Waals surface area contributed by atoms with Crippen molar-refractivity contribution in [2.45, 2.75) is 4.21 Å². The number of thiophene rings is 1. The van der Waals surface area contributed by atoms with Crippen LogP contribution in [0.25, 0.3) is 0 Å². The van der Waals surface area contributed by atoms with Crippen molar-refractivity contribution in [3.05, 3.63) is 41.4 Å². The largest absolute Gasteiger partial charge is 0.478 e. The van der Waals surface area contributed by atoms with Crippen LogP contribution in [0.1, 0.15) is 10.4 Å². The van der Waals surface area contributed by atoms with Crippen LogP contribution in [0.4, 0.5) is 5.82 Å². The molecular formula is C10H8N2O4S2. The van der Waals surface area contributed by atoms with Gasteiger partial charge >= 0.3 is 5.97 Å². The molecule has 2 N–H and O–H groups in total. The van der Waals surface area contributed by atoms with E-state index in [0.717, 1.165) is 17.4 Å². The number of aromatic nitrogens is 1. The molecule has 0 atom stereocenters. The van der Waals surface area contributed by atoms with Crippen molar-refractivity contribution in [1.29, 1.82) is 0 Å². The van der Waals surface area contributed by atoms with Gasteiger partial charge in [-0.2, -0.15) is 0 Å². The first-order chi connectivity index (χ1) is 8.49. The number of carbonyl (C=O) groups is 1. The highest BCUT2D eigenvalue weighted by molar-refractivity contribution is 7.94. The number of pyridine rings is 1. The summed E-state index contributed by atoms with van der Waals surface area (Å²) < 4.78 is 26.1. The third-order valence-electron chi connectivity index (χ3n) is 2.01. The minimum absolute atomic E-state index is 0.0247. The van der Waals surface area contributed by atoms with Crippen molar-refractivity contribution in [1.82, 2.24) is 4.98 Å². The molecule has 6 nitrogen and oxygen atoms in total. The monoisotopic (exact) mass is 284 g/mol. The fourth-order valence-electron chi connectivity index (χ4n) is 1.22. The van der Waals surface area contributed by atoms with Crippen LogP contribution in [0.2, 0.25) is 0 Å². The molecule has 0 aliphatic heterocycles. The Morgan fingerprint density at radius 1 is 1.39 bits per heavy atom. The lowest BCUT2D eigenvalue weighted by molar-refractivity contribution is 0.0697. The quantitative estimate of drug-likeness (QED) is 0.889. The van der Waals surface area contributed by atoms with Crippen LogP contribution in [-0.4, -0.2) is 24.5 Å². The van der Waals surface area contributed by atoms with Crippen molar-refractivity contribution in [3.63, 3.8) is 0 Å². The van der Waals surface area contributed by atoms with E-state index in [4.69, 9.17) is 5.11 Å². The number of aromatic carboxylic acids is 1. The van der Waals surface area contributed by atoms with E-state index < -0.39 is 16.0 Å². The maximum absolute atomic E-state index is 11.9. The average Bonchev–Trinajstić information content (AvgIpc) is 2.82. The second-order valence-electron chi connectivity index (χ2n) is 3.27. The van der Waals surface area contributed by atoms with Gasteiger partial charge in [-0.3, -0.25) is 4.72 Å². The zero-order valence-corrected chi connectivity index (χ0v) is 10.5. The van der Waals surface area contributed by atoms with Crippen LogP contribution >= 0.6 is 11.3 Å². The zero-order chi connectivity index (χ0) is 13.2. The molecule has 2 rings (SSSR count). The standard InChI is InChI=1S/C10H8N2O4S2/c13-10(14)7-3-4-11-8(6-7)12-18(15,16)9-2-1-5-17-9/h1-6H,(H,11,12)(H,13,14). The van der Waals surface area contributed by atoms with E-state index >= 15 is 0 Å². The molecule has 0 fully saturated rings. The molecule has 0 unspecified atom stereocenters. The number of carboxylic acid groups (broad SMARTS) is 1. The summed E-state index contributed by atoms with van der Waals surface area (Å²) in [4.78, 5) is 14.5. The van der Waals surface area contributed by atoms with Gasteiger partial charge in [-0.05, 0) is 23.6 Å². The van der Waals surface area contributed by atoms with Gasteiger partial charge < -0.3 is 5.11 Å². The summed E-state index contributed by atoms with van der Waals surface area (Å²) in [5.41, 5.74) is -0.0334. The van der Waals surface area contributed by atoms with Gasteiger partial charge in [0.1, 0.15) is 10.0 Å². The van der Waals surface area contributed by atoms with Crippen molar-refractivity contribution in [3.8, 4) is 0 Å². The molecule has 0 saturated heterocycles. The number of hydrogen-bond donors (Lipinski definition) is 2. The van der Waals surface area contributed by atoms with Gasteiger partial charge in [-0.15, -0.1) is 11.3 Å². The summed E-state index contributed by atoms with van der Waals surface area (Å²) in [5.74, 6) is -1.17. The van der Waals surface area contributed by atoms with E-state index in [1.807, 2.05) is 0 Å². The Morgan fingerprint density at radius 3 is 2.78 bits per heavy atom. The molecule has 0 aliphatic carbocycles. The number of hydrogen-bond acceptors (Lipinski definition) is 5. The minimum Gasteiger partial charge on any atom is -0.478 e. The van der Waals surface area contributed by atoms with Crippen LogP contribution in [0, 0.1) is 0 Å². The molecule has 8 heteroatoms. The first-order valence-corrected chi connectivity index (χ1v) is 7.11. The van der Waals surface area contributed by atoms with Crippen LogP contribution in [-0.2, 0) is 10.0 Å². The highest BCUT2D eigenvalue weighted by Gasteiger charge is 2.16. The van der Waals surface area contributed by atoms with Gasteiger partial charge in [0.25, 0.3) is 10.0 Å². The SMILES string of the molecule is O=C(O)c1ccnc(NS(=O)(=O)c2cccs2)c1. The topological polar surface area (TPSA) is 96.4 Å². The summed E-state index contributed by atoms with van der Waals surface area (Å²) >= 11 is 1.07. The number of anilines is 1. The molecule has 0 radical (unpaired) electrons. The van der Waals surface area contributed by atoms with Crippen molar-refractivity contribution in [2.75, 3.05) is 4.72 Å². The molecule has 0 spiro atoms. The summed E-state index contributed by atoms with van der Waals surface area (Å²) in [5, 5.41) is 10.4. The van der Waals surface area contributed by atoms with Crippen LogP contribution in [0.5, 0.6) is 0 Å². The highest BCUT2D eigenvalue weighted by Crippen LogP contribution is 2.19. The lowest BCUT2D eigenvalue weighted by Crippen LogP contribution is -2.13. The average molecular weight is 284 g/mol. The van der Waals surface area contributed by atoms with Gasteiger partial charge in [0.05, 0.1) is 5.56 Å². The molecule has 2 heterocycles. The molecule has 2 aromatic rings. The number of sulfonamides is 1. The third-order valence-corrected chi connectivity index (χ3v) is 4.76. The van der Waals surface area contributed by atoms with Crippen molar-refractivity contribution >= 4 is 33.1 Å².